The number of carbonyl (C=O) groups excluding carboxylic acids is 1. The van der Waals surface area contributed by atoms with Crippen LogP contribution in [-0.2, 0) is 9.53 Å². The van der Waals surface area contributed by atoms with Crippen LogP contribution >= 0.6 is 0 Å². The quantitative estimate of drug-likeness (QED) is 0.812. The van der Waals surface area contributed by atoms with Gasteiger partial charge in [0.2, 0.25) is 0 Å². The summed E-state index contributed by atoms with van der Waals surface area (Å²) in [6, 6.07) is 9.85. The molecule has 1 aliphatic rings. The van der Waals surface area contributed by atoms with E-state index in [-0.39, 0.29) is 11.9 Å². The molecule has 2 rings (SSSR count). The van der Waals surface area contributed by atoms with Crippen LogP contribution in [0.4, 0.5) is 0 Å². The molecular formula is C17H26N2O2. The Balaban J connectivity index is 1.86. The molecule has 0 radical (unpaired) electrons. The average molecular weight is 290 g/mol. The Morgan fingerprint density at radius 1 is 1.43 bits per heavy atom. The second-order valence-corrected chi connectivity index (χ2v) is 5.92. The van der Waals surface area contributed by atoms with Crippen LogP contribution in [0.5, 0.6) is 0 Å². The number of esters is 1. The second kappa shape index (κ2) is 8.15. The predicted octanol–water partition coefficient (Wildman–Crippen LogP) is 1.87. The van der Waals surface area contributed by atoms with E-state index in [0.29, 0.717) is 12.5 Å². The maximum absolute atomic E-state index is 12.0. The van der Waals surface area contributed by atoms with Crippen molar-refractivity contribution in [1.82, 2.24) is 10.2 Å². The number of benzene rings is 1. The Hall–Kier alpha value is -1.39. The van der Waals surface area contributed by atoms with Gasteiger partial charge >= 0.3 is 5.97 Å². The van der Waals surface area contributed by atoms with Crippen molar-refractivity contribution in [2.45, 2.75) is 18.8 Å². The molecule has 2 atom stereocenters. The van der Waals surface area contributed by atoms with Crippen molar-refractivity contribution in [2.24, 2.45) is 5.92 Å². The van der Waals surface area contributed by atoms with Gasteiger partial charge in [-0.2, -0.15) is 0 Å². The van der Waals surface area contributed by atoms with Crippen LogP contribution in [0.15, 0.2) is 30.3 Å². The molecule has 1 aliphatic heterocycles. The Bertz CT molecular complexity index is 436. The zero-order valence-electron chi connectivity index (χ0n) is 13.0. The van der Waals surface area contributed by atoms with E-state index in [1.165, 1.54) is 26.5 Å². The summed E-state index contributed by atoms with van der Waals surface area (Å²) in [5.74, 6) is 0.282. The lowest BCUT2D eigenvalue weighted by Crippen LogP contribution is -2.39. The number of rotatable bonds is 6. The van der Waals surface area contributed by atoms with Crippen molar-refractivity contribution in [2.75, 3.05) is 40.3 Å². The lowest BCUT2D eigenvalue weighted by molar-refractivity contribution is -0.142. The number of piperidine rings is 1. The van der Waals surface area contributed by atoms with Gasteiger partial charge in [-0.3, -0.25) is 4.79 Å². The van der Waals surface area contributed by atoms with Crippen molar-refractivity contribution in [1.29, 1.82) is 0 Å². The van der Waals surface area contributed by atoms with E-state index in [1.54, 1.807) is 0 Å². The highest BCUT2D eigenvalue weighted by Crippen LogP contribution is 2.17. The fourth-order valence-corrected chi connectivity index (χ4v) is 3.04. The van der Waals surface area contributed by atoms with E-state index in [9.17, 15) is 4.79 Å². The van der Waals surface area contributed by atoms with Crippen LogP contribution in [-0.4, -0.2) is 51.2 Å². The van der Waals surface area contributed by atoms with Gasteiger partial charge in [0.15, 0.2) is 0 Å². The molecule has 21 heavy (non-hydrogen) atoms. The van der Waals surface area contributed by atoms with Crippen LogP contribution in [0.1, 0.15) is 24.3 Å². The van der Waals surface area contributed by atoms with Crippen molar-refractivity contribution >= 4 is 5.97 Å². The number of nitrogens with zero attached hydrogens (tertiary/aromatic N) is 1. The summed E-state index contributed by atoms with van der Waals surface area (Å²) in [5, 5.41) is 3.46. The first-order valence-electron chi connectivity index (χ1n) is 7.72. The van der Waals surface area contributed by atoms with Crippen molar-refractivity contribution in [3.05, 3.63) is 35.9 Å². The first-order chi connectivity index (χ1) is 10.2. The molecule has 1 aromatic carbocycles. The average Bonchev–Trinajstić information content (AvgIpc) is 2.52. The topological polar surface area (TPSA) is 41.6 Å². The standard InChI is InChI=1S/C17H26N2O2/c1-19-10-6-7-14(13-19)11-18-12-16(17(20)21-2)15-8-4-3-5-9-15/h3-5,8-9,14,16,18H,6-7,10-13H2,1-2H3. The number of nitrogens with one attached hydrogen (secondary N) is 1. The second-order valence-electron chi connectivity index (χ2n) is 5.92. The summed E-state index contributed by atoms with van der Waals surface area (Å²) < 4.78 is 4.94. The summed E-state index contributed by atoms with van der Waals surface area (Å²) in [7, 11) is 3.63. The number of methoxy groups -OCH3 is 1. The molecule has 1 saturated heterocycles. The van der Waals surface area contributed by atoms with E-state index in [1.807, 2.05) is 30.3 Å². The van der Waals surface area contributed by atoms with E-state index < -0.39 is 0 Å². The molecule has 1 N–H and O–H groups in total. The first kappa shape index (κ1) is 16.0. The van der Waals surface area contributed by atoms with E-state index in [4.69, 9.17) is 4.74 Å². The molecule has 0 aromatic heterocycles. The minimum absolute atomic E-state index is 0.172. The molecule has 0 amide bonds. The zero-order valence-corrected chi connectivity index (χ0v) is 13.0. The number of carbonyl (C=O) groups is 1. The molecule has 1 aromatic rings. The van der Waals surface area contributed by atoms with Gasteiger partial charge in [-0.25, -0.2) is 0 Å². The molecule has 0 aliphatic carbocycles. The third kappa shape index (κ3) is 4.83. The lowest BCUT2D eigenvalue weighted by atomic mass is 9.96. The summed E-state index contributed by atoms with van der Waals surface area (Å²) >= 11 is 0. The molecular weight excluding hydrogens is 264 g/mol. The zero-order chi connectivity index (χ0) is 15.1. The molecule has 4 nitrogen and oxygen atoms in total. The molecule has 1 fully saturated rings. The van der Waals surface area contributed by atoms with Gasteiger partial charge in [-0.1, -0.05) is 30.3 Å². The molecule has 1 heterocycles. The summed E-state index contributed by atoms with van der Waals surface area (Å²) in [6.07, 6.45) is 2.54. The third-order valence-corrected chi connectivity index (χ3v) is 4.19. The van der Waals surface area contributed by atoms with Gasteiger partial charge < -0.3 is 15.0 Å². The van der Waals surface area contributed by atoms with Crippen LogP contribution in [0.25, 0.3) is 0 Å². The molecule has 0 spiro atoms. The molecule has 4 heteroatoms. The monoisotopic (exact) mass is 290 g/mol. The number of hydrogen-bond donors (Lipinski definition) is 1. The maximum Gasteiger partial charge on any atom is 0.314 e. The molecule has 0 bridgehead atoms. The van der Waals surface area contributed by atoms with Gasteiger partial charge in [0.25, 0.3) is 0 Å². The molecule has 0 saturated carbocycles. The van der Waals surface area contributed by atoms with E-state index >= 15 is 0 Å². The third-order valence-electron chi connectivity index (χ3n) is 4.19. The number of likely N-dealkylation sites (tertiary alicyclic amines) is 1. The minimum atomic E-state index is -0.225. The minimum Gasteiger partial charge on any atom is -0.469 e. The SMILES string of the molecule is COC(=O)C(CNCC1CCCN(C)C1)c1ccccc1. The van der Waals surface area contributed by atoms with Crippen molar-refractivity contribution in [3.63, 3.8) is 0 Å². The summed E-state index contributed by atoms with van der Waals surface area (Å²) in [5.41, 5.74) is 1.01. The lowest BCUT2D eigenvalue weighted by Gasteiger charge is -2.30. The van der Waals surface area contributed by atoms with Crippen LogP contribution in [0, 0.1) is 5.92 Å². The summed E-state index contributed by atoms with van der Waals surface area (Å²) in [6.45, 7) is 3.94. The highest BCUT2D eigenvalue weighted by atomic mass is 16.5. The molecule has 2 unspecified atom stereocenters. The van der Waals surface area contributed by atoms with Gasteiger partial charge in [-0.15, -0.1) is 0 Å². The number of hydrogen-bond acceptors (Lipinski definition) is 4. The fourth-order valence-electron chi connectivity index (χ4n) is 3.04. The van der Waals surface area contributed by atoms with Crippen molar-refractivity contribution < 1.29 is 9.53 Å². The van der Waals surface area contributed by atoms with Crippen LogP contribution in [0.2, 0.25) is 0 Å². The summed E-state index contributed by atoms with van der Waals surface area (Å²) in [4.78, 5) is 14.4. The van der Waals surface area contributed by atoms with E-state index in [0.717, 1.165) is 18.7 Å². The Kier molecular flexibility index (Phi) is 6.21. The normalized spacial score (nSPS) is 21.0. The van der Waals surface area contributed by atoms with Gasteiger partial charge in [0.1, 0.15) is 0 Å². The van der Waals surface area contributed by atoms with Crippen molar-refractivity contribution in [3.8, 4) is 0 Å². The van der Waals surface area contributed by atoms with Gasteiger partial charge in [-0.05, 0) is 44.5 Å². The maximum atomic E-state index is 12.0. The largest absolute Gasteiger partial charge is 0.469 e. The number of ether oxygens (including phenoxy) is 1. The first-order valence-corrected chi connectivity index (χ1v) is 7.72. The predicted molar refractivity (Wildman–Crippen MR) is 84.3 cm³/mol. The highest BCUT2D eigenvalue weighted by Gasteiger charge is 2.22. The van der Waals surface area contributed by atoms with E-state index in [2.05, 4.69) is 17.3 Å². The van der Waals surface area contributed by atoms with Gasteiger partial charge in [0.05, 0.1) is 13.0 Å². The Morgan fingerprint density at radius 2 is 2.19 bits per heavy atom. The van der Waals surface area contributed by atoms with Gasteiger partial charge in [0, 0.05) is 13.1 Å². The Morgan fingerprint density at radius 3 is 2.86 bits per heavy atom. The Labute approximate surface area is 127 Å². The van der Waals surface area contributed by atoms with Crippen LogP contribution in [0.3, 0.4) is 0 Å². The smallest absolute Gasteiger partial charge is 0.314 e. The highest BCUT2D eigenvalue weighted by molar-refractivity contribution is 5.78. The molecule has 116 valence electrons. The fraction of sp³-hybridized carbons (Fsp3) is 0.588. The van der Waals surface area contributed by atoms with Crippen LogP contribution < -0.4 is 5.32 Å².